The standard InChI is InChI=1S/C34H32BN2Si/c1-5-14-28(15-6-1)26-33(29-16-7-2-8-17-29)35-34-36-24-25-37(34)27-38(32-22-13-23-32,30-18-9-3-10-19-30)31-20-11-4-12-21-31/h1-12,14-21,24-26,32H,13,22-23,27H2. The summed E-state index contributed by atoms with van der Waals surface area (Å²) in [6.07, 6.45) is 11.4. The summed E-state index contributed by atoms with van der Waals surface area (Å²) < 4.78 is 2.42. The van der Waals surface area contributed by atoms with Crippen molar-refractivity contribution in [3.63, 3.8) is 0 Å². The summed E-state index contributed by atoms with van der Waals surface area (Å²) in [5, 5.41) is 3.05. The Hall–Kier alpha value is -3.89. The van der Waals surface area contributed by atoms with Crippen molar-refractivity contribution in [1.82, 2.24) is 9.55 Å². The average molecular weight is 508 g/mol. The molecule has 0 spiro atoms. The molecule has 0 amide bonds. The first-order chi connectivity index (χ1) is 18.8. The summed E-state index contributed by atoms with van der Waals surface area (Å²) in [5.74, 6) is 0. The predicted molar refractivity (Wildman–Crippen MR) is 164 cm³/mol. The van der Waals surface area contributed by atoms with E-state index in [0.717, 1.165) is 17.4 Å². The Bertz CT molecular complexity index is 1440. The van der Waals surface area contributed by atoms with E-state index in [-0.39, 0.29) is 0 Å². The second-order valence-corrected chi connectivity index (χ2v) is 14.5. The minimum absolute atomic E-state index is 0.732. The first kappa shape index (κ1) is 24.4. The zero-order chi connectivity index (χ0) is 25.6. The smallest absolute Gasteiger partial charge is 0.241 e. The highest BCUT2D eigenvalue weighted by atomic mass is 28.3. The van der Waals surface area contributed by atoms with E-state index in [0.29, 0.717) is 0 Å². The van der Waals surface area contributed by atoms with E-state index < -0.39 is 8.07 Å². The van der Waals surface area contributed by atoms with Crippen LogP contribution in [0.15, 0.2) is 134 Å². The number of aromatic nitrogens is 2. The third-order valence-electron chi connectivity index (χ3n) is 8.06. The molecule has 1 heterocycles. The zero-order valence-corrected chi connectivity index (χ0v) is 22.7. The van der Waals surface area contributed by atoms with Gasteiger partial charge in [-0.3, -0.25) is 4.98 Å². The maximum absolute atomic E-state index is 4.89. The number of hydrogen-bond donors (Lipinski definition) is 0. The largest absolute Gasteiger partial charge is 0.345 e. The molecule has 1 fully saturated rings. The second kappa shape index (κ2) is 11.2. The van der Waals surface area contributed by atoms with Gasteiger partial charge >= 0.3 is 0 Å². The Balaban J connectivity index is 1.42. The summed E-state index contributed by atoms with van der Waals surface area (Å²) in [5.41, 5.74) is 5.29. The maximum atomic E-state index is 4.89. The van der Waals surface area contributed by atoms with Crippen molar-refractivity contribution < 1.29 is 0 Å². The van der Waals surface area contributed by atoms with E-state index in [1.807, 2.05) is 6.20 Å². The van der Waals surface area contributed by atoms with Gasteiger partial charge in [-0.1, -0.05) is 163 Å². The van der Waals surface area contributed by atoms with E-state index >= 15 is 0 Å². The molecule has 1 saturated carbocycles. The van der Waals surface area contributed by atoms with Crippen molar-refractivity contribution in [2.45, 2.75) is 31.0 Å². The van der Waals surface area contributed by atoms with Crippen LogP contribution in [0, 0.1) is 0 Å². The molecule has 0 atom stereocenters. The lowest BCUT2D eigenvalue weighted by Gasteiger charge is -2.45. The Kier molecular flexibility index (Phi) is 7.23. The van der Waals surface area contributed by atoms with Crippen LogP contribution in [0.1, 0.15) is 30.4 Å². The van der Waals surface area contributed by atoms with Crippen LogP contribution in [0.3, 0.4) is 0 Å². The molecule has 0 bridgehead atoms. The first-order valence-corrected chi connectivity index (χ1v) is 15.9. The minimum Gasteiger partial charge on any atom is -0.345 e. The molecular formula is C34H32BN2Si. The SMILES string of the molecule is [B](C(=Cc1ccccc1)c1ccccc1)c1nccn1C[Si](c1ccccc1)(c1ccccc1)C1CCC1. The van der Waals surface area contributed by atoms with E-state index in [9.17, 15) is 0 Å². The van der Waals surface area contributed by atoms with Crippen molar-refractivity contribution in [3.05, 3.63) is 145 Å². The fraction of sp³-hybridized carbons (Fsp3) is 0.147. The summed E-state index contributed by atoms with van der Waals surface area (Å²) >= 11 is 0. The molecule has 1 aliphatic rings. The summed E-state index contributed by atoms with van der Waals surface area (Å²) in [6, 6.07) is 43.9. The molecule has 4 heteroatoms. The number of nitrogens with zero attached hydrogens (tertiary/aromatic N) is 2. The molecule has 1 aliphatic carbocycles. The number of imidazole rings is 1. The fourth-order valence-electron chi connectivity index (χ4n) is 5.89. The third-order valence-corrected chi connectivity index (χ3v) is 13.6. The van der Waals surface area contributed by atoms with E-state index in [1.54, 1.807) is 0 Å². The molecule has 0 aliphatic heterocycles. The van der Waals surface area contributed by atoms with Gasteiger partial charge in [-0.15, -0.1) is 0 Å². The average Bonchev–Trinajstić information content (AvgIpc) is 3.39. The Morgan fingerprint density at radius 3 is 1.87 bits per heavy atom. The van der Waals surface area contributed by atoms with Gasteiger partial charge in [0.1, 0.15) is 8.07 Å². The van der Waals surface area contributed by atoms with Gasteiger partial charge in [-0.2, -0.15) is 0 Å². The molecule has 1 aromatic heterocycles. The molecule has 1 radical (unpaired) electrons. The zero-order valence-electron chi connectivity index (χ0n) is 21.7. The van der Waals surface area contributed by atoms with Crippen molar-refractivity contribution in [3.8, 4) is 0 Å². The van der Waals surface area contributed by atoms with Gasteiger partial charge in [0, 0.05) is 18.6 Å². The normalized spacial score (nSPS) is 14.2. The number of benzene rings is 4. The van der Waals surface area contributed by atoms with Crippen LogP contribution in [-0.2, 0) is 6.17 Å². The molecule has 0 unspecified atom stereocenters. The van der Waals surface area contributed by atoms with Crippen LogP contribution in [0.2, 0.25) is 5.54 Å². The van der Waals surface area contributed by atoms with Crippen LogP contribution < -0.4 is 16.1 Å². The number of hydrogen-bond acceptors (Lipinski definition) is 1. The lowest BCUT2D eigenvalue weighted by Crippen LogP contribution is -2.66. The summed E-state index contributed by atoms with van der Waals surface area (Å²) in [6.45, 7) is 0. The third kappa shape index (κ3) is 4.97. The van der Waals surface area contributed by atoms with Crippen molar-refractivity contribution in [2.75, 3.05) is 0 Å². The molecule has 4 aromatic carbocycles. The van der Waals surface area contributed by atoms with Gasteiger partial charge in [0.25, 0.3) is 0 Å². The van der Waals surface area contributed by atoms with Gasteiger partial charge < -0.3 is 4.57 Å². The molecule has 5 aromatic rings. The molecular weight excluding hydrogens is 475 g/mol. The lowest BCUT2D eigenvalue weighted by atomic mass is 9.65. The maximum Gasteiger partial charge on any atom is 0.241 e. The van der Waals surface area contributed by atoms with Gasteiger partial charge in [0.05, 0.1) is 5.72 Å². The molecule has 0 saturated heterocycles. The van der Waals surface area contributed by atoms with Crippen LogP contribution in [-0.4, -0.2) is 24.9 Å². The molecule has 6 rings (SSSR count). The topological polar surface area (TPSA) is 17.8 Å². The summed E-state index contributed by atoms with van der Waals surface area (Å²) in [7, 11) is 0.141. The van der Waals surface area contributed by atoms with Crippen LogP contribution >= 0.6 is 0 Å². The molecule has 38 heavy (non-hydrogen) atoms. The van der Waals surface area contributed by atoms with E-state index in [1.165, 1.54) is 46.2 Å². The van der Waals surface area contributed by atoms with Gasteiger partial charge in [0.15, 0.2) is 0 Å². The number of rotatable bonds is 9. The molecule has 0 N–H and O–H groups in total. The van der Waals surface area contributed by atoms with Crippen molar-refractivity contribution in [2.24, 2.45) is 0 Å². The van der Waals surface area contributed by atoms with Gasteiger partial charge in [-0.05, 0) is 16.7 Å². The lowest BCUT2D eigenvalue weighted by molar-refractivity contribution is 0.485. The highest BCUT2D eigenvalue weighted by molar-refractivity contribution is 7.02. The summed E-state index contributed by atoms with van der Waals surface area (Å²) in [4.78, 5) is 4.89. The van der Waals surface area contributed by atoms with Crippen LogP contribution in [0.5, 0.6) is 0 Å². The second-order valence-electron chi connectivity index (χ2n) is 10.3. The van der Waals surface area contributed by atoms with Crippen LogP contribution in [0.4, 0.5) is 0 Å². The highest BCUT2D eigenvalue weighted by Gasteiger charge is 2.47. The van der Waals surface area contributed by atoms with Crippen molar-refractivity contribution >= 4 is 43.0 Å². The highest BCUT2D eigenvalue weighted by Crippen LogP contribution is 2.41. The van der Waals surface area contributed by atoms with Crippen LogP contribution in [0.25, 0.3) is 11.5 Å². The van der Waals surface area contributed by atoms with Gasteiger partial charge in [0.2, 0.25) is 7.28 Å². The van der Waals surface area contributed by atoms with E-state index in [2.05, 4.69) is 145 Å². The molecule has 2 nitrogen and oxygen atoms in total. The monoisotopic (exact) mass is 507 g/mol. The Labute approximate surface area is 228 Å². The minimum atomic E-state index is -2.12. The fourth-order valence-corrected chi connectivity index (χ4v) is 11.6. The Morgan fingerprint density at radius 2 is 1.32 bits per heavy atom. The first-order valence-electron chi connectivity index (χ1n) is 13.6. The van der Waals surface area contributed by atoms with Gasteiger partial charge in [-0.25, -0.2) is 0 Å². The van der Waals surface area contributed by atoms with E-state index in [4.69, 9.17) is 4.98 Å². The quantitative estimate of drug-likeness (QED) is 0.183. The Morgan fingerprint density at radius 1 is 0.763 bits per heavy atom. The predicted octanol–water partition coefficient (Wildman–Crippen LogP) is 5.77. The van der Waals surface area contributed by atoms with Crippen molar-refractivity contribution in [1.29, 1.82) is 0 Å². The molecule has 185 valence electrons.